The van der Waals surface area contributed by atoms with Crippen LogP contribution in [0.4, 0.5) is 0 Å². The molecule has 106 valence electrons. The molecule has 1 aliphatic rings. The van der Waals surface area contributed by atoms with Crippen LogP contribution in [0.15, 0.2) is 18.2 Å². The lowest BCUT2D eigenvalue weighted by atomic mass is 10.0. The lowest BCUT2D eigenvalue weighted by molar-refractivity contribution is 0.457. The van der Waals surface area contributed by atoms with Crippen molar-refractivity contribution in [3.63, 3.8) is 0 Å². The molecule has 2 rings (SSSR count). The highest BCUT2D eigenvalue weighted by atomic mass is 35.5. The van der Waals surface area contributed by atoms with E-state index < -0.39 is 0 Å². The van der Waals surface area contributed by atoms with Crippen LogP contribution in [0.2, 0.25) is 10.0 Å². The highest BCUT2D eigenvalue weighted by molar-refractivity contribution is 6.42. The molecule has 1 nitrogen and oxygen atoms in total. The van der Waals surface area contributed by atoms with E-state index in [-0.39, 0.29) is 0 Å². The standard InChI is InChI=1S/C16H23Cl2N/c1-6-13(10-7-8-11(17)12(18)9-10)19-14-15(2,3)16(14,4)5/h7-9,13-14,19H,6H2,1-5H3. The van der Waals surface area contributed by atoms with Gasteiger partial charge in [-0.2, -0.15) is 0 Å². The fraction of sp³-hybridized carbons (Fsp3) is 0.625. The number of rotatable bonds is 4. The molecule has 0 heterocycles. The largest absolute Gasteiger partial charge is 0.306 e. The Morgan fingerprint density at radius 2 is 1.68 bits per heavy atom. The molecule has 0 saturated heterocycles. The lowest BCUT2D eigenvalue weighted by Gasteiger charge is -2.19. The van der Waals surface area contributed by atoms with Crippen molar-refractivity contribution in [3.05, 3.63) is 33.8 Å². The van der Waals surface area contributed by atoms with Crippen molar-refractivity contribution in [1.82, 2.24) is 5.32 Å². The molecule has 1 atom stereocenters. The summed E-state index contributed by atoms with van der Waals surface area (Å²) in [6.07, 6.45) is 1.04. The van der Waals surface area contributed by atoms with Gasteiger partial charge in [-0.05, 0) is 34.9 Å². The Hall–Kier alpha value is -0.240. The van der Waals surface area contributed by atoms with Gasteiger partial charge in [0.15, 0.2) is 0 Å². The van der Waals surface area contributed by atoms with Crippen molar-refractivity contribution < 1.29 is 0 Å². The van der Waals surface area contributed by atoms with Gasteiger partial charge >= 0.3 is 0 Å². The summed E-state index contributed by atoms with van der Waals surface area (Å²) >= 11 is 12.1. The predicted octanol–water partition coefficient (Wildman–Crippen LogP) is 5.47. The second-order valence-electron chi connectivity index (χ2n) is 6.68. The van der Waals surface area contributed by atoms with E-state index in [0.717, 1.165) is 6.42 Å². The fourth-order valence-corrected chi connectivity index (χ4v) is 3.30. The van der Waals surface area contributed by atoms with Crippen LogP contribution in [0.3, 0.4) is 0 Å². The predicted molar refractivity (Wildman–Crippen MR) is 84.0 cm³/mol. The molecular formula is C16H23Cl2N. The Balaban J connectivity index is 2.16. The molecule has 1 aromatic rings. The second kappa shape index (κ2) is 4.95. The van der Waals surface area contributed by atoms with Crippen LogP contribution in [0.1, 0.15) is 52.6 Å². The summed E-state index contributed by atoms with van der Waals surface area (Å²) < 4.78 is 0. The highest BCUT2D eigenvalue weighted by Gasteiger charge is 2.64. The van der Waals surface area contributed by atoms with Crippen LogP contribution in [-0.4, -0.2) is 6.04 Å². The summed E-state index contributed by atoms with van der Waals surface area (Å²) in [5, 5.41) is 5.03. The van der Waals surface area contributed by atoms with E-state index in [4.69, 9.17) is 23.2 Å². The molecule has 0 radical (unpaired) electrons. The zero-order chi connectivity index (χ0) is 14.4. The van der Waals surface area contributed by atoms with Gasteiger partial charge in [0.05, 0.1) is 10.0 Å². The number of nitrogens with one attached hydrogen (secondary N) is 1. The molecule has 1 unspecified atom stereocenters. The van der Waals surface area contributed by atoms with E-state index in [1.807, 2.05) is 12.1 Å². The Labute approximate surface area is 126 Å². The third-order valence-electron chi connectivity index (χ3n) is 5.14. The van der Waals surface area contributed by atoms with Crippen molar-refractivity contribution in [2.24, 2.45) is 10.8 Å². The van der Waals surface area contributed by atoms with E-state index in [1.165, 1.54) is 5.56 Å². The van der Waals surface area contributed by atoms with Crippen LogP contribution in [0.5, 0.6) is 0 Å². The second-order valence-corrected chi connectivity index (χ2v) is 7.49. The van der Waals surface area contributed by atoms with Gasteiger partial charge in [0.25, 0.3) is 0 Å². The highest BCUT2D eigenvalue weighted by Crippen LogP contribution is 2.63. The molecular weight excluding hydrogens is 277 g/mol. The summed E-state index contributed by atoms with van der Waals surface area (Å²) in [5.41, 5.74) is 1.91. The number of halogens is 2. The molecule has 1 aromatic carbocycles. The topological polar surface area (TPSA) is 12.0 Å². The monoisotopic (exact) mass is 299 g/mol. The van der Waals surface area contributed by atoms with Gasteiger partial charge in [0, 0.05) is 12.1 Å². The molecule has 1 N–H and O–H groups in total. The lowest BCUT2D eigenvalue weighted by Crippen LogP contribution is -2.27. The Morgan fingerprint density at radius 3 is 2.11 bits per heavy atom. The van der Waals surface area contributed by atoms with Crippen molar-refractivity contribution in [2.75, 3.05) is 0 Å². The third kappa shape index (κ3) is 2.53. The van der Waals surface area contributed by atoms with Crippen molar-refractivity contribution >= 4 is 23.2 Å². The molecule has 19 heavy (non-hydrogen) atoms. The summed E-state index contributed by atoms with van der Waals surface area (Å²) in [5.74, 6) is 0. The van der Waals surface area contributed by atoms with E-state index in [9.17, 15) is 0 Å². The van der Waals surface area contributed by atoms with Crippen LogP contribution in [0.25, 0.3) is 0 Å². The summed E-state index contributed by atoms with van der Waals surface area (Å²) in [6.45, 7) is 11.5. The minimum absolute atomic E-state index is 0.334. The first-order chi connectivity index (χ1) is 8.71. The molecule has 0 amide bonds. The summed E-state index contributed by atoms with van der Waals surface area (Å²) in [4.78, 5) is 0. The zero-order valence-electron chi connectivity index (χ0n) is 12.3. The van der Waals surface area contributed by atoms with E-state index in [2.05, 4.69) is 46.0 Å². The van der Waals surface area contributed by atoms with Gasteiger partial charge in [-0.3, -0.25) is 0 Å². The maximum absolute atomic E-state index is 6.12. The number of benzene rings is 1. The minimum Gasteiger partial charge on any atom is -0.306 e. The molecule has 1 saturated carbocycles. The molecule has 1 aliphatic carbocycles. The maximum atomic E-state index is 6.12. The Bertz CT molecular complexity index is 466. The number of hydrogen-bond donors (Lipinski definition) is 1. The van der Waals surface area contributed by atoms with Crippen LogP contribution >= 0.6 is 23.2 Å². The average molecular weight is 300 g/mol. The quantitative estimate of drug-likeness (QED) is 0.777. The number of hydrogen-bond acceptors (Lipinski definition) is 1. The van der Waals surface area contributed by atoms with Gasteiger partial charge in [-0.1, -0.05) is 63.9 Å². The van der Waals surface area contributed by atoms with E-state index in [0.29, 0.717) is 33.0 Å². The maximum Gasteiger partial charge on any atom is 0.0595 e. The first-order valence-electron chi connectivity index (χ1n) is 6.92. The average Bonchev–Trinajstić information content (AvgIpc) is 2.71. The third-order valence-corrected chi connectivity index (χ3v) is 5.88. The van der Waals surface area contributed by atoms with Crippen LogP contribution in [0, 0.1) is 10.8 Å². The van der Waals surface area contributed by atoms with Crippen molar-refractivity contribution in [3.8, 4) is 0 Å². The smallest absolute Gasteiger partial charge is 0.0595 e. The van der Waals surface area contributed by atoms with Crippen molar-refractivity contribution in [2.45, 2.75) is 53.1 Å². The molecule has 0 aliphatic heterocycles. The van der Waals surface area contributed by atoms with Crippen molar-refractivity contribution in [1.29, 1.82) is 0 Å². The van der Waals surface area contributed by atoms with E-state index >= 15 is 0 Å². The molecule has 3 heteroatoms. The first-order valence-corrected chi connectivity index (χ1v) is 7.68. The molecule has 1 fully saturated rings. The SMILES string of the molecule is CCC(NC1C(C)(C)C1(C)C)c1ccc(Cl)c(Cl)c1. The molecule has 0 bridgehead atoms. The summed E-state index contributed by atoms with van der Waals surface area (Å²) in [6, 6.07) is 6.80. The van der Waals surface area contributed by atoms with Gasteiger partial charge in [0.1, 0.15) is 0 Å². The Morgan fingerprint density at radius 1 is 1.11 bits per heavy atom. The first kappa shape index (κ1) is 15.2. The fourth-order valence-electron chi connectivity index (χ4n) is 2.99. The van der Waals surface area contributed by atoms with Gasteiger partial charge in [-0.25, -0.2) is 0 Å². The Kier molecular flexibility index (Phi) is 3.94. The van der Waals surface area contributed by atoms with Crippen LogP contribution in [-0.2, 0) is 0 Å². The van der Waals surface area contributed by atoms with Gasteiger partial charge < -0.3 is 5.32 Å². The zero-order valence-corrected chi connectivity index (χ0v) is 13.9. The van der Waals surface area contributed by atoms with Gasteiger partial charge in [0.2, 0.25) is 0 Å². The van der Waals surface area contributed by atoms with Crippen LogP contribution < -0.4 is 5.32 Å². The molecule has 0 spiro atoms. The normalized spacial score (nSPS) is 22.3. The van der Waals surface area contributed by atoms with Gasteiger partial charge in [-0.15, -0.1) is 0 Å². The summed E-state index contributed by atoms with van der Waals surface area (Å²) in [7, 11) is 0. The minimum atomic E-state index is 0.334. The van der Waals surface area contributed by atoms with E-state index in [1.54, 1.807) is 0 Å². The molecule has 0 aromatic heterocycles.